The second-order valence-electron chi connectivity index (χ2n) is 9.51. The zero-order valence-corrected chi connectivity index (χ0v) is 23.2. The van der Waals surface area contributed by atoms with Crippen molar-refractivity contribution in [3.63, 3.8) is 0 Å². The molecule has 0 unspecified atom stereocenters. The minimum Gasteiger partial charge on any atom is -1.00 e. The van der Waals surface area contributed by atoms with Crippen molar-refractivity contribution < 1.29 is 26.8 Å². The van der Waals surface area contributed by atoms with Gasteiger partial charge in [0, 0.05) is 33.7 Å². The van der Waals surface area contributed by atoms with E-state index >= 15 is 0 Å². The molecule has 4 aromatic rings. The molecule has 0 spiro atoms. The summed E-state index contributed by atoms with van der Waals surface area (Å²) in [5, 5.41) is 0.826. The van der Waals surface area contributed by atoms with E-state index in [0.29, 0.717) is 12.2 Å². The zero-order valence-electron chi connectivity index (χ0n) is 21.7. The van der Waals surface area contributed by atoms with Crippen LogP contribution < -0.4 is 22.2 Å². The van der Waals surface area contributed by atoms with E-state index in [9.17, 15) is 4.79 Å². The maximum absolute atomic E-state index is 12.9. The summed E-state index contributed by atoms with van der Waals surface area (Å²) < 4.78 is 5.40. The van der Waals surface area contributed by atoms with Gasteiger partial charge in [-0.05, 0) is 56.3 Å². The van der Waals surface area contributed by atoms with Crippen LogP contribution in [0.1, 0.15) is 29.3 Å². The van der Waals surface area contributed by atoms with Crippen molar-refractivity contribution in [3.8, 4) is 11.3 Å². The number of quaternary nitrogens is 1. The van der Waals surface area contributed by atoms with E-state index in [4.69, 9.17) is 9.72 Å². The first-order valence-electron chi connectivity index (χ1n) is 12.5. The highest BCUT2D eigenvalue weighted by Gasteiger charge is 2.24. The van der Waals surface area contributed by atoms with Gasteiger partial charge in [0.05, 0.1) is 55.4 Å². The lowest BCUT2D eigenvalue weighted by Gasteiger charge is -2.33. The van der Waals surface area contributed by atoms with Gasteiger partial charge in [-0.2, -0.15) is 0 Å². The summed E-state index contributed by atoms with van der Waals surface area (Å²) in [4.78, 5) is 24.2. The highest BCUT2D eigenvalue weighted by Crippen LogP contribution is 2.49. The van der Waals surface area contributed by atoms with Crippen LogP contribution in [-0.4, -0.2) is 44.7 Å². The van der Waals surface area contributed by atoms with Crippen LogP contribution in [0.15, 0.2) is 76.5 Å². The van der Waals surface area contributed by atoms with Crippen molar-refractivity contribution in [3.05, 3.63) is 77.9 Å². The Balaban J connectivity index is 0.00000320. The monoisotopic (exact) mass is 533 g/mol. The Labute approximate surface area is 229 Å². The van der Waals surface area contributed by atoms with Crippen LogP contribution in [0, 0.1) is 6.92 Å². The fourth-order valence-corrected chi connectivity index (χ4v) is 5.76. The summed E-state index contributed by atoms with van der Waals surface area (Å²) in [6.45, 7) is 6.24. The number of nitrogens with zero attached hydrogens (tertiary/aromatic N) is 2. The van der Waals surface area contributed by atoms with E-state index in [1.165, 1.54) is 26.1 Å². The van der Waals surface area contributed by atoms with Crippen molar-refractivity contribution in [1.29, 1.82) is 0 Å². The third-order valence-electron chi connectivity index (χ3n) is 6.44. The van der Waals surface area contributed by atoms with E-state index in [1.807, 2.05) is 49.9 Å². The lowest BCUT2D eigenvalue weighted by molar-refractivity contribution is -0.858. The summed E-state index contributed by atoms with van der Waals surface area (Å²) in [5.74, 6) is -0.313. The molecule has 7 heteroatoms. The minimum atomic E-state index is -0.313. The van der Waals surface area contributed by atoms with Gasteiger partial charge in [-0.1, -0.05) is 41.6 Å². The summed E-state index contributed by atoms with van der Waals surface area (Å²) in [6.07, 6.45) is 1.09. The number of para-hydroxylation sites is 1. The average Bonchev–Trinajstić information content (AvgIpc) is 2.87. The number of aryl methyl sites for hydroxylation is 1. The summed E-state index contributed by atoms with van der Waals surface area (Å²) in [7, 11) is 4.39. The Kier molecular flexibility index (Phi) is 8.42. The predicted molar refractivity (Wildman–Crippen MR) is 148 cm³/mol. The molecule has 0 atom stereocenters. The molecule has 0 fully saturated rings. The zero-order chi connectivity index (χ0) is 25.2. The number of anilines is 2. The molecule has 0 amide bonds. The molecule has 1 aliphatic rings. The Hall–Kier alpha value is -3.06. The first-order valence-corrected chi connectivity index (χ1v) is 13.3. The Morgan fingerprint density at radius 1 is 1.00 bits per heavy atom. The number of nitrogens with one attached hydrogen (secondary N) is 1. The van der Waals surface area contributed by atoms with Gasteiger partial charge in [-0.15, -0.1) is 0 Å². The van der Waals surface area contributed by atoms with Crippen LogP contribution >= 0.6 is 11.8 Å². The third-order valence-corrected chi connectivity index (χ3v) is 7.57. The molecule has 2 heterocycles. The number of ether oxygens (including phenoxy) is 1. The number of hydrogen-bond acceptors (Lipinski definition) is 5. The largest absolute Gasteiger partial charge is 1.00 e. The average molecular weight is 534 g/mol. The van der Waals surface area contributed by atoms with Crippen LogP contribution in [0.5, 0.6) is 0 Å². The molecule has 0 aliphatic carbocycles. The molecule has 1 N–H and O–H groups in total. The van der Waals surface area contributed by atoms with Crippen LogP contribution in [0.3, 0.4) is 0 Å². The fraction of sp³-hybridized carbons (Fsp3) is 0.267. The first-order chi connectivity index (χ1) is 17.4. The number of hydrogen-bond donors (Lipinski definition) is 1. The standard InChI is InChI=1S/C30H31N3O2S.ClH/c1-5-35-30(34)23-19-25(31-24-13-11-20(2)17-22(23)24)21-12-14-29-27(18-21)33(16-8-15-32(3)4)26-9-6-7-10-28(26)36-29;/h6-7,9-14,17-19H,5,8,15-16H2,1-4H3;1H. The van der Waals surface area contributed by atoms with E-state index in [-0.39, 0.29) is 18.4 Å². The second-order valence-corrected chi connectivity index (χ2v) is 10.6. The molecule has 192 valence electrons. The number of rotatable bonds is 7. The Bertz CT molecular complexity index is 1440. The van der Waals surface area contributed by atoms with E-state index in [0.717, 1.165) is 47.2 Å². The predicted octanol–water partition coefficient (Wildman–Crippen LogP) is 2.53. The molecule has 1 aromatic heterocycles. The molecule has 0 bridgehead atoms. The van der Waals surface area contributed by atoms with Gasteiger partial charge in [-0.25, -0.2) is 9.78 Å². The topological polar surface area (TPSA) is 46.9 Å². The van der Waals surface area contributed by atoms with E-state index in [2.05, 4.69) is 61.5 Å². The molecule has 5 rings (SSSR count). The Morgan fingerprint density at radius 3 is 2.57 bits per heavy atom. The number of halogens is 1. The number of fused-ring (bicyclic) bond motifs is 3. The van der Waals surface area contributed by atoms with Crippen molar-refractivity contribution in [2.45, 2.75) is 30.1 Å². The SMILES string of the molecule is CCOC(=O)c1cc(-c2ccc3c(c2)N(CCC[NH+](C)C)c2ccccc2S3)nc2ccc(C)cc12.[Cl-]. The van der Waals surface area contributed by atoms with E-state index < -0.39 is 0 Å². The number of esters is 1. The number of pyridine rings is 1. The molecule has 1 aliphatic heterocycles. The van der Waals surface area contributed by atoms with Crippen LogP contribution in [0.4, 0.5) is 11.4 Å². The minimum absolute atomic E-state index is 0. The molecular formula is C30H32ClN3O2S. The molecule has 0 saturated carbocycles. The fourth-order valence-electron chi connectivity index (χ4n) is 4.69. The smallest absolute Gasteiger partial charge is 0.338 e. The van der Waals surface area contributed by atoms with Crippen LogP contribution in [-0.2, 0) is 4.74 Å². The number of aromatic nitrogens is 1. The van der Waals surface area contributed by atoms with Crippen molar-refractivity contribution in [2.75, 3.05) is 38.7 Å². The summed E-state index contributed by atoms with van der Waals surface area (Å²) in [6, 6.07) is 23.0. The van der Waals surface area contributed by atoms with E-state index in [1.54, 1.807) is 0 Å². The maximum atomic E-state index is 12.9. The van der Waals surface area contributed by atoms with Gasteiger partial charge in [0.25, 0.3) is 0 Å². The van der Waals surface area contributed by atoms with Gasteiger partial charge in [0.2, 0.25) is 0 Å². The molecule has 0 radical (unpaired) electrons. The first kappa shape index (κ1) is 27.0. The molecular weight excluding hydrogens is 502 g/mol. The summed E-state index contributed by atoms with van der Waals surface area (Å²) in [5.41, 5.74) is 6.64. The van der Waals surface area contributed by atoms with Gasteiger partial charge in [-0.3, -0.25) is 0 Å². The van der Waals surface area contributed by atoms with Crippen LogP contribution in [0.2, 0.25) is 0 Å². The molecule has 37 heavy (non-hydrogen) atoms. The highest BCUT2D eigenvalue weighted by molar-refractivity contribution is 7.99. The molecule has 5 nitrogen and oxygen atoms in total. The third kappa shape index (κ3) is 5.61. The van der Waals surface area contributed by atoms with Gasteiger partial charge >= 0.3 is 5.97 Å². The number of carbonyl (C=O) groups excluding carboxylic acids is 1. The van der Waals surface area contributed by atoms with Gasteiger partial charge in [0.15, 0.2) is 0 Å². The lowest BCUT2D eigenvalue weighted by atomic mass is 10.0. The quantitative estimate of drug-likeness (QED) is 0.370. The molecule has 0 saturated heterocycles. The normalized spacial score (nSPS) is 12.2. The summed E-state index contributed by atoms with van der Waals surface area (Å²) >= 11 is 1.81. The highest BCUT2D eigenvalue weighted by atomic mass is 35.5. The maximum Gasteiger partial charge on any atom is 0.338 e. The number of carbonyl (C=O) groups is 1. The van der Waals surface area contributed by atoms with Crippen molar-refractivity contribution in [2.24, 2.45) is 0 Å². The second kappa shape index (κ2) is 11.5. The van der Waals surface area contributed by atoms with Crippen LogP contribution in [0.25, 0.3) is 22.2 Å². The van der Waals surface area contributed by atoms with Crippen molar-refractivity contribution >= 4 is 40.0 Å². The van der Waals surface area contributed by atoms with Gasteiger partial charge in [0.1, 0.15) is 0 Å². The lowest BCUT2D eigenvalue weighted by Crippen LogP contribution is -3.05. The number of benzene rings is 3. The Morgan fingerprint density at radius 2 is 1.78 bits per heavy atom. The van der Waals surface area contributed by atoms with Crippen molar-refractivity contribution in [1.82, 2.24) is 4.98 Å². The van der Waals surface area contributed by atoms with Gasteiger partial charge < -0.3 is 26.9 Å². The molecule has 3 aromatic carbocycles.